The van der Waals surface area contributed by atoms with Gasteiger partial charge in [0, 0.05) is 18.1 Å². The van der Waals surface area contributed by atoms with Crippen molar-refractivity contribution in [3.8, 4) is 11.5 Å². The van der Waals surface area contributed by atoms with Crippen LogP contribution in [0.5, 0.6) is 11.5 Å². The van der Waals surface area contributed by atoms with Crippen molar-refractivity contribution in [2.75, 3.05) is 19.5 Å². The number of nitrogens with zero attached hydrogens (tertiary/aromatic N) is 2. The fraction of sp³-hybridized carbons (Fsp3) is 0.200. The SMILES string of the molecule is CC.CNc1cccc2ccc(O)c(N=Nc3ccccc3OC)c12.[Cl-]. The molecule has 0 aromatic heterocycles. The number of phenolic OH excluding ortho intramolecular Hbond substituents is 1. The van der Waals surface area contributed by atoms with Crippen molar-refractivity contribution in [2.24, 2.45) is 10.2 Å². The van der Waals surface area contributed by atoms with Crippen LogP contribution in [0.3, 0.4) is 0 Å². The molecule has 0 heterocycles. The number of nitrogens with one attached hydrogen (secondary N) is 1. The van der Waals surface area contributed by atoms with Gasteiger partial charge in [-0.2, -0.15) is 0 Å². The van der Waals surface area contributed by atoms with Crippen LogP contribution in [0.4, 0.5) is 17.1 Å². The van der Waals surface area contributed by atoms with Gasteiger partial charge in [-0.3, -0.25) is 0 Å². The van der Waals surface area contributed by atoms with E-state index in [0.29, 0.717) is 17.1 Å². The summed E-state index contributed by atoms with van der Waals surface area (Å²) < 4.78 is 5.27. The summed E-state index contributed by atoms with van der Waals surface area (Å²) in [6.07, 6.45) is 0. The number of azo groups is 1. The van der Waals surface area contributed by atoms with Crippen LogP contribution in [-0.4, -0.2) is 19.3 Å². The number of ether oxygens (including phenoxy) is 1. The quantitative estimate of drug-likeness (QED) is 0.692. The molecule has 0 aliphatic carbocycles. The zero-order valence-corrected chi connectivity index (χ0v) is 16.1. The summed E-state index contributed by atoms with van der Waals surface area (Å²) in [4.78, 5) is 0. The number of phenols is 1. The third kappa shape index (κ3) is 4.43. The highest BCUT2D eigenvalue weighted by atomic mass is 35.5. The van der Waals surface area contributed by atoms with Crippen molar-refractivity contribution in [2.45, 2.75) is 13.8 Å². The molecule has 3 aromatic rings. The van der Waals surface area contributed by atoms with Gasteiger partial charge in [-0.05, 0) is 29.7 Å². The highest BCUT2D eigenvalue weighted by Crippen LogP contribution is 2.40. The Hall–Kier alpha value is -2.79. The average molecular weight is 373 g/mol. The molecule has 0 fully saturated rings. The van der Waals surface area contributed by atoms with E-state index in [1.54, 1.807) is 13.2 Å². The first-order chi connectivity index (χ1) is 12.2. The molecule has 0 amide bonds. The Morgan fingerprint density at radius 1 is 0.923 bits per heavy atom. The number of hydrogen-bond acceptors (Lipinski definition) is 5. The summed E-state index contributed by atoms with van der Waals surface area (Å²) in [5, 5.41) is 23.7. The molecule has 2 N–H and O–H groups in total. The third-order valence-electron chi connectivity index (χ3n) is 3.61. The second-order valence-corrected chi connectivity index (χ2v) is 4.96. The predicted octanol–water partition coefficient (Wildman–Crippen LogP) is 3.04. The molecule has 3 rings (SSSR count). The van der Waals surface area contributed by atoms with E-state index in [4.69, 9.17) is 4.74 Å². The Bertz CT molecular complexity index is 882. The maximum atomic E-state index is 10.2. The lowest BCUT2D eigenvalue weighted by Gasteiger charge is -2.09. The fourth-order valence-electron chi connectivity index (χ4n) is 2.47. The van der Waals surface area contributed by atoms with E-state index in [9.17, 15) is 5.11 Å². The topological polar surface area (TPSA) is 66.2 Å². The van der Waals surface area contributed by atoms with Crippen LogP contribution in [0.2, 0.25) is 0 Å². The fourth-order valence-corrected chi connectivity index (χ4v) is 2.47. The normalized spacial score (nSPS) is 10.0. The van der Waals surface area contributed by atoms with E-state index in [2.05, 4.69) is 15.5 Å². The molecule has 0 aliphatic heterocycles. The zero-order chi connectivity index (χ0) is 18.2. The molecule has 0 atom stereocenters. The van der Waals surface area contributed by atoms with Gasteiger partial charge in [-0.1, -0.05) is 44.2 Å². The van der Waals surface area contributed by atoms with Gasteiger partial charge in [0.15, 0.2) is 0 Å². The largest absolute Gasteiger partial charge is 1.00 e. The first-order valence-electron chi connectivity index (χ1n) is 8.22. The van der Waals surface area contributed by atoms with Crippen LogP contribution in [0, 0.1) is 0 Å². The Kier molecular flexibility index (Phi) is 8.38. The molecule has 26 heavy (non-hydrogen) atoms. The molecule has 0 bridgehead atoms. The molecule has 138 valence electrons. The second kappa shape index (κ2) is 10.3. The average Bonchev–Trinajstić information content (AvgIpc) is 2.68. The first kappa shape index (κ1) is 21.3. The lowest BCUT2D eigenvalue weighted by Crippen LogP contribution is -3.00. The molecular formula is C20H23ClN3O2-. The minimum atomic E-state index is 0. The van der Waals surface area contributed by atoms with E-state index in [1.165, 1.54) is 0 Å². The number of rotatable bonds is 4. The number of halogens is 1. The van der Waals surface area contributed by atoms with Gasteiger partial charge in [0.1, 0.15) is 22.9 Å². The molecule has 0 spiro atoms. The van der Waals surface area contributed by atoms with Crippen molar-refractivity contribution < 1.29 is 22.3 Å². The van der Waals surface area contributed by atoms with Gasteiger partial charge in [0.2, 0.25) is 0 Å². The lowest BCUT2D eigenvalue weighted by atomic mass is 10.1. The van der Waals surface area contributed by atoms with Gasteiger partial charge in [0.05, 0.1) is 7.11 Å². The summed E-state index contributed by atoms with van der Waals surface area (Å²) in [5.74, 6) is 0.712. The van der Waals surface area contributed by atoms with Crippen LogP contribution in [0.1, 0.15) is 13.8 Å². The smallest absolute Gasteiger partial charge is 0.146 e. The van der Waals surface area contributed by atoms with Crippen LogP contribution in [0.25, 0.3) is 10.8 Å². The number of hydrogen-bond donors (Lipinski definition) is 2. The van der Waals surface area contributed by atoms with E-state index in [1.807, 2.05) is 69.4 Å². The Morgan fingerprint density at radius 2 is 1.65 bits per heavy atom. The van der Waals surface area contributed by atoms with Gasteiger partial charge < -0.3 is 27.6 Å². The van der Waals surface area contributed by atoms with Crippen molar-refractivity contribution in [3.05, 3.63) is 54.6 Å². The second-order valence-electron chi connectivity index (χ2n) is 4.96. The maximum Gasteiger partial charge on any atom is 0.146 e. The Morgan fingerprint density at radius 3 is 2.35 bits per heavy atom. The molecule has 6 heteroatoms. The lowest BCUT2D eigenvalue weighted by molar-refractivity contribution is -0.00000641. The number of anilines is 1. The number of fused-ring (bicyclic) bond motifs is 1. The molecule has 0 unspecified atom stereocenters. The van der Waals surface area contributed by atoms with Crippen LogP contribution in [0.15, 0.2) is 64.8 Å². The van der Waals surface area contributed by atoms with E-state index >= 15 is 0 Å². The molecule has 3 aromatic carbocycles. The third-order valence-corrected chi connectivity index (χ3v) is 3.61. The molecule has 5 nitrogen and oxygen atoms in total. The minimum Gasteiger partial charge on any atom is -1.00 e. The monoisotopic (exact) mass is 372 g/mol. The van der Waals surface area contributed by atoms with E-state index < -0.39 is 0 Å². The standard InChI is InChI=1S/C18H17N3O2.C2H6.ClH/c1-19-14-8-5-6-12-10-11-15(22)18(17(12)14)21-20-13-7-3-4-9-16(13)23-2;1-2;/h3-11,19,22H,1-2H3;1-2H3;1H/p-1. The summed E-state index contributed by atoms with van der Waals surface area (Å²) in [6, 6.07) is 16.7. The summed E-state index contributed by atoms with van der Waals surface area (Å²) in [7, 11) is 3.42. The molecule has 0 saturated carbocycles. The minimum absolute atomic E-state index is 0. The van der Waals surface area contributed by atoms with Crippen molar-refractivity contribution in [3.63, 3.8) is 0 Å². The zero-order valence-electron chi connectivity index (χ0n) is 15.3. The van der Waals surface area contributed by atoms with Gasteiger partial charge in [-0.25, -0.2) is 0 Å². The highest BCUT2D eigenvalue weighted by molar-refractivity contribution is 6.04. The van der Waals surface area contributed by atoms with Crippen LogP contribution < -0.4 is 22.5 Å². The van der Waals surface area contributed by atoms with Crippen molar-refractivity contribution in [1.29, 1.82) is 0 Å². The van der Waals surface area contributed by atoms with E-state index in [-0.39, 0.29) is 18.2 Å². The number of methoxy groups -OCH3 is 1. The van der Waals surface area contributed by atoms with E-state index in [0.717, 1.165) is 16.5 Å². The van der Waals surface area contributed by atoms with Crippen molar-refractivity contribution in [1.82, 2.24) is 0 Å². The first-order valence-corrected chi connectivity index (χ1v) is 8.22. The van der Waals surface area contributed by atoms with Gasteiger partial charge >= 0.3 is 0 Å². The highest BCUT2D eigenvalue weighted by Gasteiger charge is 2.10. The maximum absolute atomic E-state index is 10.2. The molecule has 0 radical (unpaired) electrons. The Balaban J connectivity index is 0.00000109. The van der Waals surface area contributed by atoms with Crippen LogP contribution in [-0.2, 0) is 0 Å². The van der Waals surface area contributed by atoms with Gasteiger partial charge in [-0.15, -0.1) is 10.2 Å². The number of benzene rings is 3. The molecule has 0 saturated heterocycles. The molecular weight excluding hydrogens is 350 g/mol. The van der Waals surface area contributed by atoms with Gasteiger partial charge in [0.25, 0.3) is 0 Å². The summed E-state index contributed by atoms with van der Waals surface area (Å²) in [6.45, 7) is 4.00. The summed E-state index contributed by atoms with van der Waals surface area (Å²) in [5.41, 5.74) is 1.92. The van der Waals surface area contributed by atoms with Crippen molar-refractivity contribution >= 4 is 27.8 Å². The predicted molar refractivity (Wildman–Crippen MR) is 104 cm³/mol. The van der Waals surface area contributed by atoms with Crippen LogP contribution >= 0.6 is 0 Å². The Labute approximate surface area is 160 Å². The number of aromatic hydroxyl groups is 1. The summed E-state index contributed by atoms with van der Waals surface area (Å²) >= 11 is 0. The number of para-hydroxylation sites is 1. The molecule has 0 aliphatic rings.